The Morgan fingerprint density at radius 3 is 2.10 bits per heavy atom. The molecule has 0 unspecified atom stereocenters. The Balaban J connectivity index is 1.37. The molecule has 4 atom stereocenters. The molecule has 0 saturated heterocycles. The van der Waals surface area contributed by atoms with E-state index in [0.29, 0.717) is 23.4 Å². The summed E-state index contributed by atoms with van der Waals surface area (Å²) in [5, 5.41) is 29.8. The van der Waals surface area contributed by atoms with Gasteiger partial charge in [0.1, 0.15) is 23.7 Å². The predicted molar refractivity (Wildman–Crippen MR) is 153 cm³/mol. The number of nitrogens with one attached hydrogen (secondary N) is 1. The van der Waals surface area contributed by atoms with Gasteiger partial charge in [-0.3, -0.25) is 4.68 Å². The number of nitrogens with zero attached hydrogens (tertiary/aromatic N) is 6. The Kier molecular flexibility index (Phi) is 7.24. The number of rotatable bonds is 8. The number of benzene rings is 2. The highest BCUT2D eigenvalue weighted by Crippen LogP contribution is 2.40. The van der Waals surface area contributed by atoms with E-state index in [-0.39, 0.29) is 11.3 Å². The second kappa shape index (κ2) is 11.0. The van der Waals surface area contributed by atoms with Gasteiger partial charge in [0.25, 0.3) is 0 Å². The van der Waals surface area contributed by atoms with E-state index < -0.39 is 24.3 Å². The largest absolute Gasteiger partial charge is 0.497 e. The number of hydrogen-bond donors (Lipinski definition) is 3. The Bertz CT molecular complexity index is 1610. The van der Waals surface area contributed by atoms with Crippen LogP contribution in [0.15, 0.2) is 67.3 Å². The second-order valence-corrected chi connectivity index (χ2v) is 10.5. The molecular weight excluding hydrogens is 546 g/mol. The third-order valence-electron chi connectivity index (χ3n) is 7.62. The molecule has 0 amide bonds. The lowest BCUT2D eigenvalue weighted by Gasteiger charge is -2.22. The van der Waals surface area contributed by atoms with Crippen molar-refractivity contribution < 1.29 is 19.7 Å². The zero-order valence-corrected chi connectivity index (χ0v) is 23.5. The van der Waals surface area contributed by atoms with E-state index >= 15 is 0 Å². The first-order chi connectivity index (χ1) is 19.9. The summed E-state index contributed by atoms with van der Waals surface area (Å²) in [7, 11) is 3.26. The van der Waals surface area contributed by atoms with Crippen LogP contribution >= 0.6 is 11.6 Å². The van der Waals surface area contributed by atoms with Crippen molar-refractivity contribution in [3.05, 3.63) is 89.2 Å². The molecule has 3 aromatic heterocycles. The number of aliphatic hydroxyl groups is 2. The zero-order chi connectivity index (χ0) is 28.7. The van der Waals surface area contributed by atoms with E-state index in [1.807, 2.05) is 61.7 Å². The third-order valence-corrected chi connectivity index (χ3v) is 7.79. The van der Waals surface area contributed by atoms with Crippen LogP contribution in [0, 0.1) is 6.92 Å². The fourth-order valence-corrected chi connectivity index (χ4v) is 5.62. The van der Waals surface area contributed by atoms with Crippen LogP contribution in [0.4, 0.5) is 5.82 Å². The molecule has 212 valence electrons. The van der Waals surface area contributed by atoms with Crippen molar-refractivity contribution in [2.45, 2.75) is 43.7 Å². The molecule has 3 heterocycles. The minimum Gasteiger partial charge on any atom is -0.497 e. The molecule has 41 heavy (non-hydrogen) atoms. The van der Waals surface area contributed by atoms with Crippen molar-refractivity contribution in [3.63, 3.8) is 0 Å². The van der Waals surface area contributed by atoms with Gasteiger partial charge in [-0.1, -0.05) is 24.3 Å². The summed E-state index contributed by atoms with van der Waals surface area (Å²) in [5.41, 5.74) is 3.84. The van der Waals surface area contributed by atoms with Crippen molar-refractivity contribution in [2.75, 3.05) is 19.5 Å². The van der Waals surface area contributed by atoms with Gasteiger partial charge in [-0.05, 0) is 65.9 Å². The minimum absolute atomic E-state index is 0.0252. The smallest absolute Gasteiger partial charge is 0.226 e. The molecule has 1 aliphatic carbocycles. The van der Waals surface area contributed by atoms with E-state index in [1.54, 1.807) is 36.0 Å². The molecule has 1 aliphatic rings. The summed E-state index contributed by atoms with van der Waals surface area (Å²) < 4.78 is 14.2. The number of aromatic nitrogens is 6. The molecule has 0 spiro atoms. The summed E-state index contributed by atoms with van der Waals surface area (Å²) in [4.78, 5) is 13.6. The van der Waals surface area contributed by atoms with Crippen LogP contribution in [0.5, 0.6) is 11.5 Å². The number of aliphatic hydroxyl groups excluding tert-OH is 2. The Morgan fingerprint density at radius 2 is 1.54 bits per heavy atom. The van der Waals surface area contributed by atoms with Crippen molar-refractivity contribution in [3.8, 4) is 11.5 Å². The molecule has 2 aromatic carbocycles. The van der Waals surface area contributed by atoms with E-state index in [0.717, 1.165) is 28.2 Å². The number of hydrogen-bond acceptors (Lipinski definition) is 9. The first kappa shape index (κ1) is 27.0. The van der Waals surface area contributed by atoms with Crippen LogP contribution in [0.2, 0.25) is 5.28 Å². The number of ether oxygens (including phenoxy) is 2. The Labute approximate surface area is 241 Å². The van der Waals surface area contributed by atoms with Gasteiger partial charge in [0.05, 0.1) is 44.9 Å². The van der Waals surface area contributed by atoms with Gasteiger partial charge in [-0.15, -0.1) is 0 Å². The molecule has 1 fully saturated rings. The average Bonchev–Trinajstić information content (AvgIpc) is 3.69. The van der Waals surface area contributed by atoms with Gasteiger partial charge in [-0.25, -0.2) is 4.98 Å². The predicted octanol–water partition coefficient (Wildman–Crippen LogP) is 4.11. The maximum absolute atomic E-state index is 11.0. The standard InChI is InChI=1S/C29H30ClN7O4/c1-16-13-32-37(14-16)22-12-21(25(38)26(22)39)36-15-31-24-27(34-29(30)35-28(24)36)33-23(17-4-8-19(40-2)9-5-17)18-6-10-20(41-3)11-7-18/h4-11,13-15,21-23,25-26,38-39H,12H2,1-3H3,(H,33,34,35)/t21-,22+,25+,26-/m1/s1. The molecule has 0 aliphatic heterocycles. The van der Waals surface area contributed by atoms with E-state index in [2.05, 4.69) is 25.4 Å². The van der Waals surface area contributed by atoms with Crippen molar-refractivity contribution in [1.29, 1.82) is 0 Å². The number of aryl methyl sites for hydroxylation is 1. The molecule has 11 nitrogen and oxygen atoms in total. The maximum Gasteiger partial charge on any atom is 0.226 e. The average molecular weight is 576 g/mol. The van der Waals surface area contributed by atoms with Crippen molar-refractivity contribution in [1.82, 2.24) is 29.3 Å². The highest BCUT2D eigenvalue weighted by molar-refractivity contribution is 6.28. The lowest BCUT2D eigenvalue weighted by molar-refractivity contribution is 0.00722. The number of halogens is 1. The van der Waals surface area contributed by atoms with E-state index in [4.69, 9.17) is 21.1 Å². The molecule has 6 rings (SSSR count). The first-order valence-electron chi connectivity index (χ1n) is 13.2. The lowest BCUT2D eigenvalue weighted by atomic mass is 9.98. The normalized spacial score (nSPS) is 20.6. The van der Waals surface area contributed by atoms with E-state index in [9.17, 15) is 10.2 Å². The molecule has 1 saturated carbocycles. The minimum atomic E-state index is -1.06. The van der Waals surface area contributed by atoms with Gasteiger partial charge in [0, 0.05) is 6.20 Å². The Morgan fingerprint density at radius 1 is 0.927 bits per heavy atom. The second-order valence-electron chi connectivity index (χ2n) is 10.1. The zero-order valence-electron chi connectivity index (χ0n) is 22.7. The van der Waals surface area contributed by atoms with Crippen molar-refractivity contribution in [2.24, 2.45) is 0 Å². The van der Waals surface area contributed by atoms with Gasteiger partial charge in [0.15, 0.2) is 17.0 Å². The fraction of sp³-hybridized carbons (Fsp3) is 0.310. The summed E-state index contributed by atoms with van der Waals surface area (Å²) >= 11 is 6.44. The number of anilines is 1. The fourth-order valence-electron chi connectivity index (χ4n) is 5.46. The van der Waals surface area contributed by atoms with Gasteiger partial charge >= 0.3 is 0 Å². The number of imidazole rings is 1. The van der Waals surface area contributed by atoms with Gasteiger partial charge < -0.3 is 29.6 Å². The Hall–Kier alpha value is -4.19. The summed E-state index contributed by atoms with van der Waals surface area (Å²) in [5.74, 6) is 1.92. The number of fused-ring (bicyclic) bond motifs is 1. The molecule has 0 bridgehead atoms. The topological polar surface area (TPSA) is 132 Å². The molecule has 3 N–H and O–H groups in total. The highest BCUT2D eigenvalue weighted by Gasteiger charge is 2.44. The molecule has 12 heteroatoms. The molecule has 5 aromatic rings. The van der Waals surface area contributed by atoms with Crippen LogP contribution < -0.4 is 14.8 Å². The number of methoxy groups -OCH3 is 2. The summed E-state index contributed by atoms with van der Waals surface area (Å²) in [6.07, 6.45) is 3.55. The van der Waals surface area contributed by atoms with Gasteiger partial charge in [0.2, 0.25) is 5.28 Å². The van der Waals surface area contributed by atoms with Crippen LogP contribution in [-0.2, 0) is 0 Å². The summed E-state index contributed by atoms with van der Waals surface area (Å²) in [6, 6.07) is 14.3. The van der Waals surface area contributed by atoms with Crippen LogP contribution in [-0.4, -0.2) is 65.9 Å². The quantitative estimate of drug-likeness (QED) is 0.234. The van der Waals surface area contributed by atoms with E-state index in [1.165, 1.54) is 0 Å². The van der Waals surface area contributed by atoms with Crippen LogP contribution in [0.25, 0.3) is 11.2 Å². The van der Waals surface area contributed by atoms with Crippen LogP contribution in [0.1, 0.15) is 41.2 Å². The van der Waals surface area contributed by atoms with Crippen molar-refractivity contribution >= 4 is 28.6 Å². The highest BCUT2D eigenvalue weighted by atomic mass is 35.5. The third kappa shape index (κ3) is 5.08. The molecule has 0 radical (unpaired) electrons. The van der Waals surface area contributed by atoms with Crippen LogP contribution in [0.3, 0.4) is 0 Å². The molecular formula is C29H30ClN7O4. The monoisotopic (exact) mass is 575 g/mol. The SMILES string of the molecule is COc1ccc(C(Nc2nc(Cl)nc3c2ncn3[C@@H]2C[C@H](n3cc(C)cn3)[C@@H](O)[C@H]2O)c2ccc(OC)cc2)cc1. The first-order valence-corrected chi connectivity index (χ1v) is 13.6. The summed E-state index contributed by atoms with van der Waals surface area (Å²) in [6.45, 7) is 1.93. The maximum atomic E-state index is 11.0. The lowest BCUT2D eigenvalue weighted by Crippen LogP contribution is -2.30. The van der Waals surface area contributed by atoms with Gasteiger partial charge in [-0.2, -0.15) is 15.1 Å².